The van der Waals surface area contributed by atoms with Crippen molar-refractivity contribution in [1.29, 1.82) is 0 Å². The van der Waals surface area contributed by atoms with Gasteiger partial charge in [0.15, 0.2) is 6.61 Å². The highest BCUT2D eigenvalue weighted by molar-refractivity contribution is 5.87. The molecule has 18 heavy (non-hydrogen) atoms. The molecule has 0 radical (unpaired) electrons. The molecule has 3 nitrogen and oxygen atoms in total. The van der Waals surface area contributed by atoms with Crippen LogP contribution in [0.15, 0.2) is 24.3 Å². The number of halogens is 3. The van der Waals surface area contributed by atoms with E-state index in [0.29, 0.717) is 5.69 Å². The normalized spacial score (nSPS) is 11.2. The number of aryl methyl sites for hydroxylation is 1. The fourth-order valence-electron chi connectivity index (χ4n) is 1.43. The van der Waals surface area contributed by atoms with Crippen LogP contribution in [0.2, 0.25) is 0 Å². The van der Waals surface area contributed by atoms with E-state index in [0.717, 1.165) is 10.5 Å². The number of carbonyl (C=O) groups is 1. The molecule has 0 fully saturated rings. The van der Waals surface area contributed by atoms with Gasteiger partial charge in [0.2, 0.25) is 0 Å². The van der Waals surface area contributed by atoms with Crippen molar-refractivity contribution in [1.82, 2.24) is 0 Å². The first kappa shape index (κ1) is 14.3. The Balaban J connectivity index is 2.75. The van der Waals surface area contributed by atoms with Crippen molar-refractivity contribution in [2.75, 3.05) is 18.1 Å². The predicted octanol–water partition coefficient (Wildman–Crippen LogP) is 3.52. The second-order valence-electron chi connectivity index (χ2n) is 3.75. The first-order valence-corrected chi connectivity index (χ1v) is 5.41. The Morgan fingerprint density at radius 2 is 2.06 bits per heavy atom. The zero-order valence-electron chi connectivity index (χ0n) is 10.1. The summed E-state index contributed by atoms with van der Waals surface area (Å²) in [5, 5.41) is 0. The van der Waals surface area contributed by atoms with Gasteiger partial charge >= 0.3 is 12.3 Å². The molecule has 1 aromatic carbocycles. The van der Waals surface area contributed by atoms with E-state index in [4.69, 9.17) is 0 Å². The summed E-state index contributed by atoms with van der Waals surface area (Å²) in [6.45, 7) is 2.16. The topological polar surface area (TPSA) is 29.5 Å². The van der Waals surface area contributed by atoms with E-state index in [1.165, 1.54) is 0 Å². The summed E-state index contributed by atoms with van der Waals surface area (Å²) in [7, 11) is 0. The van der Waals surface area contributed by atoms with Gasteiger partial charge in [-0.05, 0) is 31.5 Å². The van der Waals surface area contributed by atoms with Gasteiger partial charge < -0.3 is 4.74 Å². The molecule has 0 aliphatic carbocycles. The lowest BCUT2D eigenvalue weighted by Crippen LogP contribution is -2.34. The summed E-state index contributed by atoms with van der Waals surface area (Å²) in [6.07, 6.45) is -5.51. The molecule has 0 aliphatic heterocycles. The minimum absolute atomic E-state index is 0.236. The minimum Gasteiger partial charge on any atom is -0.440 e. The second kappa shape index (κ2) is 5.75. The van der Waals surface area contributed by atoms with Crippen LogP contribution in [-0.4, -0.2) is 25.4 Å². The zero-order valence-corrected chi connectivity index (χ0v) is 10.1. The summed E-state index contributed by atoms with van der Waals surface area (Å²) in [5.41, 5.74) is 1.43. The number of amides is 1. The second-order valence-corrected chi connectivity index (χ2v) is 3.75. The van der Waals surface area contributed by atoms with Crippen LogP contribution in [0.1, 0.15) is 12.5 Å². The van der Waals surface area contributed by atoms with Gasteiger partial charge in [0.1, 0.15) is 0 Å². The lowest BCUT2D eigenvalue weighted by Gasteiger charge is -2.21. The molecule has 0 unspecified atom stereocenters. The molecule has 1 aromatic rings. The molecule has 0 saturated heterocycles. The lowest BCUT2D eigenvalue weighted by atomic mass is 10.2. The number of hydrogen-bond donors (Lipinski definition) is 0. The van der Waals surface area contributed by atoms with Gasteiger partial charge in [-0.15, -0.1) is 0 Å². The maximum atomic E-state index is 12.0. The number of rotatable bonds is 3. The molecule has 0 spiro atoms. The van der Waals surface area contributed by atoms with E-state index < -0.39 is 18.9 Å². The third-order valence-electron chi connectivity index (χ3n) is 2.21. The number of hydrogen-bond acceptors (Lipinski definition) is 2. The van der Waals surface area contributed by atoms with Crippen LogP contribution in [0.4, 0.5) is 23.7 Å². The number of carbonyl (C=O) groups excluding carboxylic acids is 1. The summed E-state index contributed by atoms with van der Waals surface area (Å²) >= 11 is 0. The SMILES string of the molecule is CCN(C(=O)OCC(F)(F)F)c1cccc(C)c1. The van der Waals surface area contributed by atoms with Crippen LogP contribution in [0.25, 0.3) is 0 Å². The van der Waals surface area contributed by atoms with Crippen LogP contribution in [0.5, 0.6) is 0 Å². The maximum Gasteiger partial charge on any atom is 0.422 e. The van der Waals surface area contributed by atoms with Crippen LogP contribution >= 0.6 is 0 Å². The Hall–Kier alpha value is -1.72. The fraction of sp³-hybridized carbons (Fsp3) is 0.417. The fourth-order valence-corrected chi connectivity index (χ4v) is 1.43. The van der Waals surface area contributed by atoms with Gasteiger partial charge in [0.05, 0.1) is 0 Å². The predicted molar refractivity (Wildman–Crippen MR) is 61.6 cm³/mol. The van der Waals surface area contributed by atoms with Crippen LogP contribution < -0.4 is 4.90 Å². The molecule has 0 saturated carbocycles. The first-order valence-electron chi connectivity index (χ1n) is 5.41. The van der Waals surface area contributed by atoms with E-state index in [1.54, 1.807) is 25.1 Å². The van der Waals surface area contributed by atoms with Gasteiger partial charge in [-0.25, -0.2) is 4.79 Å². The van der Waals surface area contributed by atoms with Crippen LogP contribution in [0.3, 0.4) is 0 Å². The third-order valence-corrected chi connectivity index (χ3v) is 2.21. The maximum absolute atomic E-state index is 12.0. The van der Waals surface area contributed by atoms with Crippen molar-refractivity contribution in [2.45, 2.75) is 20.0 Å². The van der Waals surface area contributed by atoms with Crippen LogP contribution in [-0.2, 0) is 4.74 Å². The number of benzene rings is 1. The molecule has 0 aliphatic rings. The van der Waals surface area contributed by atoms with E-state index in [-0.39, 0.29) is 6.54 Å². The Labute approximate surface area is 103 Å². The largest absolute Gasteiger partial charge is 0.440 e. The molecule has 100 valence electrons. The smallest absolute Gasteiger partial charge is 0.422 e. The van der Waals surface area contributed by atoms with Crippen molar-refractivity contribution < 1.29 is 22.7 Å². The lowest BCUT2D eigenvalue weighted by molar-refractivity contribution is -0.159. The highest BCUT2D eigenvalue weighted by Gasteiger charge is 2.30. The van der Waals surface area contributed by atoms with Gasteiger partial charge in [-0.3, -0.25) is 4.90 Å². The number of nitrogens with zero attached hydrogens (tertiary/aromatic N) is 1. The zero-order chi connectivity index (χ0) is 13.8. The van der Waals surface area contributed by atoms with Crippen molar-refractivity contribution in [2.24, 2.45) is 0 Å². The standard InChI is InChI=1S/C12H14F3NO2/c1-3-16(10-6-4-5-9(2)7-10)11(17)18-8-12(13,14)15/h4-7H,3,8H2,1-2H3. The Kier molecular flexibility index (Phi) is 4.58. The molecule has 1 amide bonds. The average molecular weight is 261 g/mol. The molecule has 1 rings (SSSR count). The van der Waals surface area contributed by atoms with Gasteiger partial charge in [0, 0.05) is 12.2 Å². The molecular formula is C12H14F3NO2. The van der Waals surface area contributed by atoms with Crippen molar-refractivity contribution in [3.8, 4) is 0 Å². The Morgan fingerprint density at radius 3 is 2.56 bits per heavy atom. The summed E-state index contributed by atoms with van der Waals surface area (Å²) in [6, 6.07) is 6.91. The third kappa shape index (κ3) is 4.27. The monoisotopic (exact) mass is 261 g/mol. The van der Waals surface area contributed by atoms with Gasteiger partial charge in [-0.1, -0.05) is 12.1 Å². The summed E-state index contributed by atoms with van der Waals surface area (Å²) < 4.78 is 40.1. The average Bonchev–Trinajstić information content (AvgIpc) is 2.26. The molecule has 0 bridgehead atoms. The quantitative estimate of drug-likeness (QED) is 0.833. The number of ether oxygens (including phenoxy) is 1. The van der Waals surface area contributed by atoms with Crippen molar-refractivity contribution >= 4 is 11.8 Å². The van der Waals surface area contributed by atoms with Crippen LogP contribution in [0, 0.1) is 6.92 Å². The molecule has 0 atom stereocenters. The first-order chi connectivity index (χ1) is 8.33. The molecule has 0 heterocycles. The molecule has 0 N–H and O–H groups in total. The van der Waals surface area contributed by atoms with Gasteiger partial charge in [-0.2, -0.15) is 13.2 Å². The summed E-state index contributed by atoms with van der Waals surface area (Å²) in [5.74, 6) is 0. The number of alkyl halides is 3. The minimum atomic E-state index is -4.51. The van der Waals surface area contributed by atoms with E-state index in [1.807, 2.05) is 13.0 Å². The molecule has 0 aromatic heterocycles. The van der Waals surface area contributed by atoms with E-state index >= 15 is 0 Å². The Morgan fingerprint density at radius 1 is 1.39 bits per heavy atom. The highest BCUT2D eigenvalue weighted by Crippen LogP contribution is 2.19. The Bertz CT molecular complexity index is 418. The molecular weight excluding hydrogens is 247 g/mol. The van der Waals surface area contributed by atoms with E-state index in [2.05, 4.69) is 4.74 Å². The highest BCUT2D eigenvalue weighted by atomic mass is 19.4. The number of anilines is 1. The van der Waals surface area contributed by atoms with Crippen molar-refractivity contribution in [3.05, 3.63) is 29.8 Å². The van der Waals surface area contributed by atoms with E-state index in [9.17, 15) is 18.0 Å². The van der Waals surface area contributed by atoms with Gasteiger partial charge in [0.25, 0.3) is 0 Å². The summed E-state index contributed by atoms with van der Waals surface area (Å²) in [4.78, 5) is 12.7. The van der Waals surface area contributed by atoms with Crippen molar-refractivity contribution in [3.63, 3.8) is 0 Å². The molecule has 6 heteroatoms.